The average molecular weight is 330 g/mol. The Kier molecular flexibility index (Phi) is 5.06. The van der Waals surface area contributed by atoms with Crippen LogP contribution in [0.4, 0.5) is 4.39 Å². The lowest BCUT2D eigenvalue weighted by Gasteiger charge is -2.20. The SMILES string of the molecule is CN(C)Cc1cc(=O)n2c(n1)CN(Cc1ccc(F)cc1)CCC2. The molecule has 3 rings (SSSR count). The van der Waals surface area contributed by atoms with E-state index in [0.717, 1.165) is 36.6 Å². The van der Waals surface area contributed by atoms with Crippen molar-refractivity contribution in [1.29, 1.82) is 0 Å². The van der Waals surface area contributed by atoms with E-state index in [4.69, 9.17) is 4.98 Å². The van der Waals surface area contributed by atoms with Gasteiger partial charge in [-0.1, -0.05) is 12.1 Å². The van der Waals surface area contributed by atoms with Crippen molar-refractivity contribution < 1.29 is 4.39 Å². The van der Waals surface area contributed by atoms with Crippen LogP contribution in [0, 0.1) is 5.82 Å². The third kappa shape index (κ3) is 4.07. The molecule has 0 amide bonds. The molecule has 2 aromatic rings. The van der Waals surface area contributed by atoms with Crippen LogP contribution in [0.3, 0.4) is 0 Å². The van der Waals surface area contributed by atoms with Gasteiger partial charge in [-0.15, -0.1) is 0 Å². The molecule has 0 spiro atoms. The summed E-state index contributed by atoms with van der Waals surface area (Å²) in [7, 11) is 3.93. The zero-order valence-electron chi connectivity index (χ0n) is 14.2. The maximum absolute atomic E-state index is 13.1. The lowest BCUT2D eigenvalue weighted by molar-refractivity contribution is 0.257. The standard InChI is InChI=1S/C18H23FN4O/c1-21(2)12-16-10-18(24)23-9-3-8-22(13-17(23)20-16)11-14-4-6-15(19)7-5-14/h4-7,10H,3,8-9,11-13H2,1-2H3. The van der Waals surface area contributed by atoms with E-state index in [1.54, 1.807) is 10.6 Å². The van der Waals surface area contributed by atoms with Gasteiger partial charge >= 0.3 is 0 Å². The van der Waals surface area contributed by atoms with Crippen LogP contribution >= 0.6 is 0 Å². The molecule has 0 saturated carbocycles. The minimum absolute atomic E-state index is 0.0282. The van der Waals surface area contributed by atoms with Crippen LogP contribution in [0.2, 0.25) is 0 Å². The second-order valence-electron chi connectivity index (χ2n) is 6.58. The summed E-state index contributed by atoms with van der Waals surface area (Å²) in [6.45, 7) is 3.61. The van der Waals surface area contributed by atoms with Crippen LogP contribution < -0.4 is 5.56 Å². The summed E-state index contributed by atoms with van der Waals surface area (Å²) in [5.74, 6) is 0.598. The molecule has 6 heteroatoms. The van der Waals surface area contributed by atoms with Crippen molar-refractivity contribution >= 4 is 0 Å². The first-order valence-electron chi connectivity index (χ1n) is 8.22. The predicted molar refractivity (Wildman–Crippen MR) is 91.0 cm³/mol. The third-order valence-corrected chi connectivity index (χ3v) is 4.16. The van der Waals surface area contributed by atoms with E-state index in [-0.39, 0.29) is 11.4 Å². The monoisotopic (exact) mass is 330 g/mol. The lowest BCUT2D eigenvalue weighted by atomic mass is 10.2. The zero-order chi connectivity index (χ0) is 17.1. The highest BCUT2D eigenvalue weighted by atomic mass is 19.1. The summed E-state index contributed by atoms with van der Waals surface area (Å²) in [5, 5.41) is 0. The fraction of sp³-hybridized carbons (Fsp3) is 0.444. The van der Waals surface area contributed by atoms with Crippen LogP contribution in [-0.2, 0) is 26.2 Å². The number of nitrogens with zero attached hydrogens (tertiary/aromatic N) is 4. The first kappa shape index (κ1) is 16.8. The van der Waals surface area contributed by atoms with E-state index < -0.39 is 0 Å². The molecule has 0 N–H and O–H groups in total. The molecule has 0 aliphatic carbocycles. The van der Waals surface area contributed by atoms with E-state index in [1.165, 1.54) is 12.1 Å². The number of rotatable bonds is 4. The molecule has 0 unspecified atom stereocenters. The first-order chi connectivity index (χ1) is 11.5. The van der Waals surface area contributed by atoms with Crippen LogP contribution in [0.25, 0.3) is 0 Å². The van der Waals surface area contributed by atoms with Gasteiger partial charge in [-0.2, -0.15) is 0 Å². The zero-order valence-corrected chi connectivity index (χ0v) is 14.2. The Hall–Kier alpha value is -2.05. The van der Waals surface area contributed by atoms with E-state index in [2.05, 4.69) is 4.90 Å². The van der Waals surface area contributed by atoms with Crippen molar-refractivity contribution in [3.8, 4) is 0 Å². The third-order valence-electron chi connectivity index (χ3n) is 4.16. The molecule has 1 aromatic carbocycles. The fourth-order valence-corrected chi connectivity index (χ4v) is 3.09. The molecule has 0 bridgehead atoms. The smallest absolute Gasteiger partial charge is 0.253 e. The molecule has 5 nitrogen and oxygen atoms in total. The Morgan fingerprint density at radius 1 is 1.21 bits per heavy atom. The van der Waals surface area contributed by atoms with E-state index in [1.807, 2.05) is 31.1 Å². The minimum Gasteiger partial charge on any atom is -0.304 e. The number of hydrogen-bond donors (Lipinski definition) is 0. The lowest BCUT2D eigenvalue weighted by Crippen LogP contribution is -2.28. The summed E-state index contributed by atoms with van der Waals surface area (Å²) in [5.41, 5.74) is 1.90. The Morgan fingerprint density at radius 3 is 2.67 bits per heavy atom. The molecule has 2 heterocycles. The van der Waals surface area contributed by atoms with Gasteiger partial charge in [-0.05, 0) is 38.2 Å². The summed E-state index contributed by atoms with van der Waals surface area (Å²) in [6, 6.07) is 8.23. The molecule has 24 heavy (non-hydrogen) atoms. The van der Waals surface area contributed by atoms with Crippen LogP contribution in [-0.4, -0.2) is 40.0 Å². The maximum atomic E-state index is 13.1. The van der Waals surface area contributed by atoms with Gasteiger partial charge in [-0.25, -0.2) is 9.37 Å². The van der Waals surface area contributed by atoms with Gasteiger partial charge < -0.3 is 4.90 Å². The van der Waals surface area contributed by atoms with Gasteiger partial charge in [0.1, 0.15) is 11.6 Å². The number of aromatic nitrogens is 2. The van der Waals surface area contributed by atoms with Gasteiger partial charge in [0.25, 0.3) is 5.56 Å². The maximum Gasteiger partial charge on any atom is 0.253 e. The van der Waals surface area contributed by atoms with Gasteiger partial charge in [0, 0.05) is 32.2 Å². The van der Waals surface area contributed by atoms with Gasteiger partial charge in [0.05, 0.1) is 12.2 Å². The molecular formula is C18H23FN4O. The first-order valence-corrected chi connectivity index (χ1v) is 8.22. The van der Waals surface area contributed by atoms with E-state index in [9.17, 15) is 9.18 Å². The number of fused-ring (bicyclic) bond motifs is 1. The quantitative estimate of drug-likeness (QED) is 0.858. The molecule has 0 fully saturated rings. The number of halogens is 1. The number of hydrogen-bond acceptors (Lipinski definition) is 4. The van der Waals surface area contributed by atoms with Crippen LogP contribution in [0.1, 0.15) is 23.5 Å². The summed E-state index contributed by atoms with van der Waals surface area (Å²) in [4.78, 5) is 21.3. The van der Waals surface area contributed by atoms with Crippen molar-refractivity contribution in [2.24, 2.45) is 0 Å². The second kappa shape index (κ2) is 7.23. The molecule has 0 atom stereocenters. The largest absolute Gasteiger partial charge is 0.304 e. The van der Waals surface area contributed by atoms with Crippen molar-refractivity contribution in [3.63, 3.8) is 0 Å². The Bertz CT molecular complexity index is 755. The van der Waals surface area contributed by atoms with E-state index >= 15 is 0 Å². The molecule has 1 aliphatic rings. The van der Waals surface area contributed by atoms with Crippen molar-refractivity contribution in [1.82, 2.24) is 19.4 Å². The number of benzene rings is 1. The van der Waals surface area contributed by atoms with Crippen molar-refractivity contribution in [2.75, 3.05) is 20.6 Å². The summed E-state index contributed by atoms with van der Waals surface area (Å²) in [6.07, 6.45) is 0.906. The fourth-order valence-electron chi connectivity index (χ4n) is 3.09. The minimum atomic E-state index is -0.221. The van der Waals surface area contributed by atoms with E-state index in [0.29, 0.717) is 19.6 Å². The summed E-state index contributed by atoms with van der Waals surface area (Å²) >= 11 is 0. The normalized spacial score (nSPS) is 15.3. The highest BCUT2D eigenvalue weighted by molar-refractivity contribution is 5.16. The Morgan fingerprint density at radius 2 is 1.96 bits per heavy atom. The molecule has 1 aromatic heterocycles. The van der Waals surface area contributed by atoms with Crippen LogP contribution in [0.5, 0.6) is 0 Å². The topological polar surface area (TPSA) is 41.4 Å². The Labute approximate surface area is 141 Å². The molecule has 0 radical (unpaired) electrons. The summed E-state index contributed by atoms with van der Waals surface area (Å²) < 4.78 is 14.8. The molecule has 1 aliphatic heterocycles. The predicted octanol–water partition coefficient (Wildman–Crippen LogP) is 1.85. The van der Waals surface area contributed by atoms with Gasteiger partial charge in [0.15, 0.2) is 0 Å². The van der Waals surface area contributed by atoms with Crippen LogP contribution in [0.15, 0.2) is 35.1 Å². The Balaban J connectivity index is 1.82. The van der Waals surface area contributed by atoms with Gasteiger partial charge in [-0.3, -0.25) is 14.3 Å². The van der Waals surface area contributed by atoms with Crippen molar-refractivity contribution in [3.05, 3.63) is 63.6 Å². The highest BCUT2D eigenvalue weighted by Gasteiger charge is 2.17. The molecular weight excluding hydrogens is 307 g/mol. The average Bonchev–Trinajstić information content (AvgIpc) is 2.71. The second-order valence-corrected chi connectivity index (χ2v) is 6.58. The highest BCUT2D eigenvalue weighted by Crippen LogP contribution is 2.14. The molecule has 0 saturated heterocycles. The van der Waals surface area contributed by atoms with Crippen molar-refractivity contribution in [2.45, 2.75) is 32.6 Å². The van der Waals surface area contributed by atoms with Gasteiger partial charge in [0.2, 0.25) is 0 Å². The molecule has 128 valence electrons.